The van der Waals surface area contributed by atoms with Crippen LogP contribution in [-0.4, -0.2) is 41.1 Å². The van der Waals surface area contributed by atoms with Crippen molar-refractivity contribution in [1.29, 1.82) is 0 Å². The van der Waals surface area contributed by atoms with Crippen molar-refractivity contribution in [3.63, 3.8) is 0 Å². The Bertz CT molecular complexity index is 783. The Hall–Kier alpha value is -1.98. The Morgan fingerprint density at radius 2 is 1.72 bits per heavy atom. The van der Waals surface area contributed by atoms with Crippen LogP contribution in [0.5, 0.6) is 0 Å². The summed E-state index contributed by atoms with van der Waals surface area (Å²) in [5.74, 6) is 0.113. The topological polar surface area (TPSA) is 49.4 Å². The van der Waals surface area contributed by atoms with Gasteiger partial charge >= 0.3 is 0 Å². The average molecular weight is 433 g/mol. The molecule has 0 aromatic heterocycles. The molecule has 0 bridgehead atoms. The highest BCUT2D eigenvalue weighted by atomic mass is 35.5. The number of rotatable bonds is 10. The normalized spacial score (nSPS) is 12.8. The smallest absolute Gasteiger partial charge is 0.242 e. The number of thioether (sulfide) groups is 1. The van der Waals surface area contributed by atoms with Gasteiger partial charge in [0.25, 0.3) is 0 Å². The lowest BCUT2D eigenvalue weighted by molar-refractivity contribution is -0.138. The van der Waals surface area contributed by atoms with Crippen LogP contribution in [0.15, 0.2) is 59.5 Å². The largest absolute Gasteiger partial charge is 0.352 e. The van der Waals surface area contributed by atoms with Crippen LogP contribution in [0, 0.1) is 0 Å². The van der Waals surface area contributed by atoms with Gasteiger partial charge in [0.2, 0.25) is 11.8 Å². The number of nitrogens with zero attached hydrogens (tertiary/aromatic N) is 1. The van der Waals surface area contributed by atoms with E-state index in [1.165, 1.54) is 11.8 Å². The molecule has 156 valence electrons. The third kappa shape index (κ3) is 7.75. The number of hydrogen-bond donors (Lipinski definition) is 1. The van der Waals surface area contributed by atoms with Gasteiger partial charge in [-0.3, -0.25) is 9.59 Å². The summed E-state index contributed by atoms with van der Waals surface area (Å²) in [4.78, 5) is 28.3. The van der Waals surface area contributed by atoms with Crippen LogP contribution in [0.3, 0.4) is 0 Å². The van der Waals surface area contributed by atoms with Gasteiger partial charge < -0.3 is 10.2 Å². The minimum absolute atomic E-state index is 0.0484. The Morgan fingerprint density at radius 3 is 2.34 bits per heavy atom. The maximum Gasteiger partial charge on any atom is 0.242 e. The van der Waals surface area contributed by atoms with E-state index >= 15 is 0 Å². The molecule has 0 aliphatic rings. The number of amides is 2. The lowest BCUT2D eigenvalue weighted by Crippen LogP contribution is -2.51. The molecule has 0 fully saturated rings. The molecule has 0 unspecified atom stereocenters. The zero-order chi connectivity index (χ0) is 21.2. The van der Waals surface area contributed by atoms with Crippen molar-refractivity contribution in [2.75, 3.05) is 12.3 Å². The highest BCUT2D eigenvalue weighted by molar-refractivity contribution is 8.00. The van der Waals surface area contributed by atoms with Gasteiger partial charge in [-0.15, -0.1) is 11.8 Å². The number of carbonyl (C=O) groups excluding carboxylic acids is 2. The number of carbonyl (C=O) groups is 2. The summed E-state index contributed by atoms with van der Waals surface area (Å²) < 4.78 is 0. The molecule has 0 radical (unpaired) electrons. The van der Waals surface area contributed by atoms with E-state index in [9.17, 15) is 9.59 Å². The lowest BCUT2D eigenvalue weighted by Gasteiger charge is -2.29. The van der Waals surface area contributed by atoms with E-state index in [2.05, 4.69) is 5.32 Å². The molecule has 29 heavy (non-hydrogen) atoms. The molecule has 0 saturated heterocycles. The zero-order valence-electron chi connectivity index (χ0n) is 17.2. The minimum atomic E-state index is -0.522. The quantitative estimate of drug-likeness (QED) is 0.548. The number of nitrogens with one attached hydrogen (secondary N) is 1. The van der Waals surface area contributed by atoms with Gasteiger partial charge in [-0.25, -0.2) is 0 Å². The van der Waals surface area contributed by atoms with Crippen LogP contribution in [0.25, 0.3) is 0 Å². The summed E-state index contributed by atoms with van der Waals surface area (Å²) >= 11 is 7.38. The van der Waals surface area contributed by atoms with Crippen LogP contribution in [-0.2, 0) is 16.0 Å². The first-order valence-corrected chi connectivity index (χ1v) is 11.3. The van der Waals surface area contributed by atoms with Crippen molar-refractivity contribution in [3.8, 4) is 0 Å². The summed E-state index contributed by atoms with van der Waals surface area (Å²) in [5, 5.41) is 3.66. The molecule has 0 spiro atoms. The first-order chi connectivity index (χ1) is 13.9. The predicted molar refractivity (Wildman–Crippen MR) is 121 cm³/mol. The maximum absolute atomic E-state index is 13.0. The van der Waals surface area contributed by atoms with Crippen LogP contribution < -0.4 is 5.32 Å². The molecule has 2 rings (SSSR count). The van der Waals surface area contributed by atoms with E-state index in [0.29, 0.717) is 18.0 Å². The van der Waals surface area contributed by atoms with Gasteiger partial charge in [0, 0.05) is 22.5 Å². The Balaban J connectivity index is 2.05. The van der Waals surface area contributed by atoms with Crippen molar-refractivity contribution in [3.05, 3.63) is 65.2 Å². The van der Waals surface area contributed by atoms with Crippen LogP contribution in [0.2, 0.25) is 5.02 Å². The highest BCUT2D eigenvalue weighted by Gasteiger charge is 2.26. The molecular formula is C23H29ClN2O2S. The van der Waals surface area contributed by atoms with Crippen molar-refractivity contribution < 1.29 is 9.59 Å². The monoisotopic (exact) mass is 432 g/mol. The second-order valence-corrected chi connectivity index (χ2v) is 8.54. The zero-order valence-corrected chi connectivity index (χ0v) is 18.8. The number of halogens is 1. The third-order valence-electron chi connectivity index (χ3n) is 4.83. The Kier molecular flexibility index (Phi) is 9.55. The van der Waals surface area contributed by atoms with Gasteiger partial charge in [-0.2, -0.15) is 0 Å². The third-order valence-corrected chi connectivity index (χ3v) is 6.08. The molecule has 0 aliphatic heterocycles. The van der Waals surface area contributed by atoms with E-state index < -0.39 is 6.04 Å². The van der Waals surface area contributed by atoms with Crippen LogP contribution >= 0.6 is 23.4 Å². The molecular weight excluding hydrogens is 404 g/mol. The van der Waals surface area contributed by atoms with Crippen molar-refractivity contribution in [1.82, 2.24) is 10.2 Å². The molecule has 2 aromatic rings. The molecule has 2 atom stereocenters. The first-order valence-electron chi connectivity index (χ1n) is 9.92. The van der Waals surface area contributed by atoms with Crippen molar-refractivity contribution in [2.45, 2.75) is 50.6 Å². The van der Waals surface area contributed by atoms with E-state index in [1.807, 2.05) is 68.4 Å². The minimum Gasteiger partial charge on any atom is -0.352 e. The van der Waals surface area contributed by atoms with E-state index in [-0.39, 0.29) is 23.6 Å². The fourth-order valence-corrected chi connectivity index (χ4v) is 3.70. The van der Waals surface area contributed by atoms with E-state index in [4.69, 9.17) is 11.6 Å². The molecule has 4 nitrogen and oxygen atoms in total. The van der Waals surface area contributed by atoms with Crippen molar-refractivity contribution >= 4 is 35.2 Å². The molecule has 2 aromatic carbocycles. The second kappa shape index (κ2) is 11.9. The average Bonchev–Trinajstić information content (AvgIpc) is 2.73. The fraction of sp³-hybridized carbons (Fsp3) is 0.391. The SMILES string of the molecule is CC[C@@H](C)NC(=O)[C@H](C)N(CCc1ccccc1)C(=O)CSc1ccc(Cl)cc1. The second-order valence-electron chi connectivity index (χ2n) is 7.06. The summed E-state index contributed by atoms with van der Waals surface area (Å²) in [6, 6.07) is 17.0. The van der Waals surface area contributed by atoms with Crippen LogP contribution in [0.4, 0.5) is 0 Å². The van der Waals surface area contributed by atoms with Gasteiger partial charge in [-0.05, 0) is 56.5 Å². The van der Waals surface area contributed by atoms with E-state index in [0.717, 1.165) is 16.9 Å². The highest BCUT2D eigenvalue weighted by Crippen LogP contribution is 2.21. The number of hydrogen-bond acceptors (Lipinski definition) is 3. The molecule has 2 amide bonds. The van der Waals surface area contributed by atoms with Gasteiger partial charge in [0.1, 0.15) is 6.04 Å². The predicted octanol–water partition coefficient (Wildman–Crippen LogP) is 4.81. The fourth-order valence-electron chi connectivity index (χ4n) is 2.79. The molecule has 0 aliphatic carbocycles. The van der Waals surface area contributed by atoms with Gasteiger partial charge in [-0.1, -0.05) is 48.9 Å². The van der Waals surface area contributed by atoms with E-state index in [1.54, 1.807) is 11.8 Å². The molecule has 1 N–H and O–H groups in total. The summed E-state index contributed by atoms with van der Waals surface area (Å²) in [7, 11) is 0. The Morgan fingerprint density at radius 1 is 1.07 bits per heavy atom. The lowest BCUT2D eigenvalue weighted by atomic mass is 10.1. The van der Waals surface area contributed by atoms with Crippen molar-refractivity contribution in [2.24, 2.45) is 0 Å². The van der Waals surface area contributed by atoms with Crippen LogP contribution in [0.1, 0.15) is 32.8 Å². The number of benzene rings is 2. The Labute approximate surface area is 183 Å². The standard InChI is InChI=1S/C23H29ClN2O2S/c1-4-17(2)25-23(28)18(3)26(15-14-19-8-6-5-7-9-19)22(27)16-29-21-12-10-20(24)11-13-21/h5-13,17-18H,4,14-16H2,1-3H3,(H,25,28)/t17-,18+/m1/s1. The maximum atomic E-state index is 13.0. The summed E-state index contributed by atoms with van der Waals surface area (Å²) in [6.45, 7) is 6.29. The molecule has 0 heterocycles. The molecule has 6 heteroatoms. The van der Waals surface area contributed by atoms with Gasteiger partial charge in [0.15, 0.2) is 0 Å². The van der Waals surface area contributed by atoms with Gasteiger partial charge in [0.05, 0.1) is 5.75 Å². The molecule has 0 saturated carbocycles. The summed E-state index contributed by atoms with van der Waals surface area (Å²) in [5.41, 5.74) is 1.14. The summed E-state index contributed by atoms with van der Waals surface area (Å²) in [6.07, 6.45) is 1.56. The first kappa shape index (κ1) is 23.3.